The highest BCUT2D eigenvalue weighted by molar-refractivity contribution is 5.34. The lowest BCUT2D eigenvalue weighted by atomic mass is 10.4. The summed E-state index contributed by atoms with van der Waals surface area (Å²) in [5.41, 5.74) is 1.22. The minimum Gasteiger partial charge on any atom is -0.345 e. The van der Waals surface area contributed by atoms with Crippen LogP contribution in [0.3, 0.4) is 0 Å². The summed E-state index contributed by atoms with van der Waals surface area (Å²) in [5.74, 6) is 1.15. The predicted octanol–water partition coefficient (Wildman–Crippen LogP) is 1.83. The number of hydrogen-bond acceptors (Lipinski definition) is 3. The van der Waals surface area contributed by atoms with Crippen LogP contribution in [0.5, 0.6) is 0 Å². The van der Waals surface area contributed by atoms with Crippen molar-refractivity contribution >= 4 is 5.95 Å². The van der Waals surface area contributed by atoms with E-state index in [0.29, 0.717) is 6.04 Å². The summed E-state index contributed by atoms with van der Waals surface area (Å²) in [6, 6.07) is 0.713. The zero-order valence-electron chi connectivity index (χ0n) is 11.2. The second-order valence-electron chi connectivity index (χ2n) is 4.90. The van der Waals surface area contributed by atoms with Gasteiger partial charge >= 0.3 is 0 Å². The second kappa shape index (κ2) is 5.54. The van der Waals surface area contributed by atoms with Gasteiger partial charge in [-0.2, -0.15) is 0 Å². The summed E-state index contributed by atoms with van der Waals surface area (Å²) in [4.78, 5) is 7.02. The van der Waals surface area contributed by atoms with Crippen molar-refractivity contribution in [1.29, 1.82) is 0 Å². The summed E-state index contributed by atoms with van der Waals surface area (Å²) in [7, 11) is 4.15. The van der Waals surface area contributed by atoms with E-state index in [-0.39, 0.29) is 0 Å². The van der Waals surface area contributed by atoms with Crippen molar-refractivity contribution in [2.24, 2.45) is 0 Å². The summed E-state index contributed by atoms with van der Waals surface area (Å²) in [5, 5.41) is 3.19. The highest BCUT2D eigenvalue weighted by Crippen LogP contribution is 2.38. The van der Waals surface area contributed by atoms with Gasteiger partial charge in [-0.3, -0.25) is 0 Å². The molecule has 2 rings (SSSR count). The topological polar surface area (TPSA) is 33.1 Å². The van der Waals surface area contributed by atoms with Crippen molar-refractivity contribution < 1.29 is 0 Å². The number of nitrogens with zero attached hydrogens (tertiary/aromatic N) is 3. The predicted molar refractivity (Wildman–Crippen MR) is 71.7 cm³/mol. The lowest BCUT2D eigenvalue weighted by Crippen LogP contribution is -2.25. The molecule has 1 N–H and O–H groups in total. The van der Waals surface area contributed by atoms with Gasteiger partial charge in [0.25, 0.3) is 0 Å². The van der Waals surface area contributed by atoms with Gasteiger partial charge in [0.05, 0.1) is 5.69 Å². The number of anilines is 1. The molecule has 0 amide bonds. The Hall–Kier alpha value is -1.03. The highest BCUT2D eigenvalue weighted by atomic mass is 15.3. The molecule has 0 atom stereocenters. The van der Waals surface area contributed by atoms with E-state index in [9.17, 15) is 0 Å². The number of nitrogens with one attached hydrogen (secondary N) is 1. The molecule has 1 aromatic heterocycles. The molecule has 0 saturated heterocycles. The van der Waals surface area contributed by atoms with Crippen molar-refractivity contribution in [1.82, 2.24) is 14.9 Å². The van der Waals surface area contributed by atoms with Crippen LogP contribution in [-0.4, -0.2) is 36.7 Å². The van der Waals surface area contributed by atoms with Gasteiger partial charge in [-0.1, -0.05) is 6.92 Å². The van der Waals surface area contributed by atoms with Gasteiger partial charge in [-0.25, -0.2) is 4.98 Å². The molecule has 0 spiro atoms. The summed E-state index contributed by atoms with van der Waals surface area (Å²) in [6.45, 7) is 4.30. The van der Waals surface area contributed by atoms with E-state index in [1.807, 2.05) is 7.05 Å². The van der Waals surface area contributed by atoms with E-state index in [1.165, 1.54) is 18.5 Å². The lowest BCUT2D eigenvalue weighted by molar-refractivity contribution is 0.672. The average Bonchev–Trinajstić information content (AvgIpc) is 3.08. The molecule has 1 aromatic rings. The van der Waals surface area contributed by atoms with Crippen molar-refractivity contribution in [2.75, 3.05) is 32.1 Å². The Morgan fingerprint density at radius 1 is 1.53 bits per heavy atom. The van der Waals surface area contributed by atoms with Gasteiger partial charge in [-0.05, 0) is 39.3 Å². The van der Waals surface area contributed by atoms with Crippen LogP contribution >= 0.6 is 0 Å². The minimum atomic E-state index is 0.713. The molecule has 1 aliphatic carbocycles. The van der Waals surface area contributed by atoms with Crippen LogP contribution in [0.4, 0.5) is 5.95 Å². The maximum atomic E-state index is 4.74. The molecule has 1 heterocycles. The number of imidazole rings is 1. The summed E-state index contributed by atoms with van der Waals surface area (Å²) < 4.78 is 2.37. The van der Waals surface area contributed by atoms with E-state index in [0.717, 1.165) is 31.9 Å². The zero-order valence-corrected chi connectivity index (χ0v) is 11.2. The van der Waals surface area contributed by atoms with E-state index in [1.54, 1.807) is 0 Å². The van der Waals surface area contributed by atoms with Crippen molar-refractivity contribution in [2.45, 2.75) is 38.6 Å². The Morgan fingerprint density at radius 3 is 2.88 bits per heavy atom. The molecule has 1 fully saturated rings. The Labute approximate surface area is 104 Å². The number of hydrogen-bond donors (Lipinski definition) is 1. The van der Waals surface area contributed by atoms with Crippen molar-refractivity contribution in [3.63, 3.8) is 0 Å². The van der Waals surface area contributed by atoms with E-state index in [2.05, 4.69) is 35.0 Å². The number of rotatable bonds is 7. The first kappa shape index (κ1) is 12.4. The van der Waals surface area contributed by atoms with Gasteiger partial charge in [0, 0.05) is 25.8 Å². The average molecular weight is 236 g/mol. The molecule has 0 unspecified atom stereocenters. The standard InChI is InChI=1S/C13H24N4/c1-4-11-10-17(12-6-7-12)13(15-11)16(3)9-5-8-14-2/h10,12,14H,4-9H2,1-3H3. The molecule has 4 heteroatoms. The molecule has 0 radical (unpaired) electrons. The fraction of sp³-hybridized carbons (Fsp3) is 0.769. The fourth-order valence-corrected chi connectivity index (χ4v) is 2.10. The van der Waals surface area contributed by atoms with Gasteiger partial charge in [-0.15, -0.1) is 0 Å². The third-order valence-electron chi connectivity index (χ3n) is 3.33. The molecule has 0 aliphatic heterocycles. The summed E-state index contributed by atoms with van der Waals surface area (Å²) >= 11 is 0. The minimum absolute atomic E-state index is 0.713. The SMILES string of the molecule is CCc1cn(C2CC2)c(N(C)CCCNC)n1. The summed E-state index contributed by atoms with van der Waals surface area (Å²) in [6.07, 6.45) is 7.05. The monoisotopic (exact) mass is 236 g/mol. The smallest absolute Gasteiger partial charge is 0.205 e. The van der Waals surface area contributed by atoms with E-state index < -0.39 is 0 Å². The van der Waals surface area contributed by atoms with E-state index in [4.69, 9.17) is 4.98 Å². The number of aryl methyl sites for hydroxylation is 1. The Kier molecular flexibility index (Phi) is 4.05. The van der Waals surface area contributed by atoms with Crippen LogP contribution in [0, 0.1) is 0 Å². The maximum absolute atomic E-state index is 4.74. The van der Waals surface area contributed by atoms with Crippen LogP contribution in [0.25, 0.3) is 0 Å². The Balaban J connectivity index is 2.04. The second-order valence-corrected chi connectivity index (χ2v) is 4.90. The van der Waals surface area contributed by atoms with Crippen LogP contribution < -0.4 is 10.2 Å². The van der Waals surface area contributed by atoms with Crippen LogP contribution in [0.2, 0.25) is 0 Å². The van der Waals surface area contributed by atoms with Crippen LogP contribution in [0.15, 0.2) is 6.20 Å². The van der Waals surface area contributed by atoms with Crippen molar-refractivity contribution in [3.05, 3.63) is 11.9 Å². The van der Waals surface area contributed by atoms with Gasteiger partial charge < -0.3 is 14.8 Å². The van der Waals surface area contributed by atoms with Crippen molar-refractivity contribution in [3.8, 4) is 0 Å². The molecule has 1 saturated carbocycles. The fourth-order valence-electron chi connectivity index (χ4n) is 2.10. The first-order chi connectivity index (χ1) is 8.26. The normalized spacial score (nSPS) is 15.2. The molecule has 96 valence electrons. The molecule has 4 nitrogen and oxygen atoms in total. The van der Waals surface area contributed by atoms with E-state index >= 15 is 0 Å². The third-order valence-corrected chi connectivity index (χ3v) is 3.33. The third kappa shape index (κ3) is 3.00. The zero-order chi connectivity index (χ0) is 12.3. The quantitative estimate of drug-likeness (QED) is 0.733. The molecule has 17 heavy (non-hydrogen) atoms. The first-order valence-corrected chi connectivity index (χ1v) is 6.69. The molecule has 0 aromatic carbocycles. The first-order valence-electron chi connectivity index (χ1n) is 6.69. The molecule has 0 bridgehead atoms. The number of aromatic nitrogens is 2. The van der Waals surface area contributed by atoms with Crippen LogP contribution in [-0.2, 0) is 6.42 Å². The van der Waals surface area contributed by atoms with Gasteiger partial charge in [0.2, 0.25) is 5.95 Å². The highest BCUT2D eigenvalue weighted by Gasteiger charge is 2.27. The maximum Gasteiger partial charge on any atom is 0.205 e. The van der Waals surface area contributed by atoms with Gasteiger partial charge in [0.15, 0.2) is 0 Å². The molecular weight excluding hydrogens is 212 g/mol. The molecule has 1 aliphatic rings. The largest absolute Gasteiger partial charge is 0.345 e. The lowest BCUT2D eigenvalue weighted by Gasteiger charge is -2.19. The van der Waals surface area contributed by atoms with Crippen LogP contribution in [0.1, 0.15) is 37.9 Å². The molecular formula is C13H24N4. The Bertz CT molecular complexity index is 354. The Morgan fingerprint density at radius 2 is 2.29 bits per heavy atom. The van der Waals surface area contributed by atoms with Gasteiger partial charge in [0.1, 0.15) is 0 Å².